The predicted molar refractivity (Wildman–Crippen MR) is 64.1 cm³/mol. The predicted octanol–water partition coefficient (Wildman–Crippen LogP) is 1.04. The van der Waals surface area contributed by atoms with Crippen LogP contribution >= 0.6 is 11.3 Å². The Morgan fingerprint density at radius 2 is 2.17 bits per heavy atom. The van der Waals surface area contributed by atoms with Crippen molar-refractivity contribution in [1.29, 1.82) is 0 Å². The fraction of sp³-hybridized carbons (Fsp3) is 0. The first-order valence-electron chi connectivity index (χ1n) is 4.62. The van der Waals surface area contributed by atoms with Crippen molar-refractivity contribution in [1.82, 2.24) is 10.2 Å². The number of hydrogen-bond acceptors (Lipinski definition) is 6. The van der Waals surface area contributed by atoms with Gasteiger partial charge in [0.25, 0.3) is 10.0 Å². The molecule has 0 aliphatic carbocycles. The average molecular weight is 285 g/mol. The third kappa shape index (κ3) is 2.46. The Kier molecular flexibility index (Phi) is 3.26. The first-order chi connectivity index (χ1) is 8.50. The van der Waals surface area contributed by atoms with Gasteiger partial charge in [-0.2, -0.15) is 5.10 Å². The molecule has 2 heterocycles. The summed E-state index contributed by atoms with van der Waals surface area (Å²) >= 11 is 0.840. The molecule has 18 heavy (non-hydrogen) atoms. The Hall–Kier alpha value is -2.00. The fourth-order valence-electron chi connectivity index (χ4n) is 1.21. The summed E-state index contributed by atoms with van der Waals surface area (Å²) in [5, 5.41) is 17.4. The standard InChI is InChI=1S/C9H7N3O4S2/c13-9(14)8-6(3-5-17-8)18(15,16)12-7-2-1-4-10-11-7/h1-5H,(H,11,12)(H,13,14). The maximum absolute atomic E-state index is 12.0. The highest BCUT2D eigenvalue weighted by atomic mass is 32.2. The second-order valence-corrected chi connectivity index (χ2v) is 5.70. The van der Waals surface area contributed by atoms with E-state index in [1.807, 2.05) is 0 Å². The summed E-state index contributed by atoms with van der Waals surface area (Å²) in [6.07, 6.45) is 1.39. The highest BCUT2D eigenvalue weighted by Gasteiger charge is 2.24. The van der Waals surface area contributed by atoms with E-state index in [0.29, 0.717) is 0 Å². The molecule has 9 heteroatoms. The zero-order valence-electron chi connectivity index (χ0n) is 8.77. The molecule has 0 aromatic carbocycles. The molecule has 2 aromatic heterocycles. The van der Waals surface area contributed by atoms with Crippen LogP contribution in [-0.4, -0.2) is 29.7 Å². The van der Waals surface area contributed by atoms with Crippen LogP contribution in [0.3, 0.4) is 0 Å². The van der Waals surface area contributed by atoms with Crippen molar-refractivity contribution in [3.8, 4) is 0 Å². The lowest BCUT2D eigenvalue weighted by atomic mass is 10.5. The molecule has 0 fully saturated rings. The van der Waals surface area contributed by atoms with Gasteiger partial charge in [0.2, 0.25) is 0 Å². The molecule has 0 saturated heterocycles. The van der Waals surface area contributed by atoms with Crippen molar-refractivity contribution >= 4 is 33.1 Å². The summed E-state index contributed by atoms with van der Waals surface area (Å²) < 4.78 is 26.1. The Labute approximate surface area is 106 Å². The van der Waals surface area contributed by atoms with Crippen molar-refractivity contribution in [2.45, 2.75) is 4.90 Å². The number of anilines is 1. The van der Waals surface area contributed by atoms with Crippen LogP contribution < -0.4 is 4.72 Å². The molecule has 94 valence electrons. The van der Waals surface area contributed by atoms with Gasteiger partial charge in [0.05, 0.1) is 0 Å². The number of hydrogen-bond donors (Lipinski definition) is 2. The molecular formula is C9H7N3O4S2. The number of thiophene rings is 1. The van der Waals surface area contributed by atoms with E-state index in [4.69, 9.17) is 5.11 Å². The molecule has 0 amide bonds. The quantitative estimate of drug-likeness (QED) is 0.868. The van der Waals surface area contributed by atoms with E-state index >= 15 is 0 Å². The number of nitrogens with one attached hydrogen (secondary N) is 1. The van der Waals surface area contributed by atoms with Gasteiger partial charge >= 0.3 is 5.97 Å². The van der Waals surface area contributed by atoms with Crippen LogP contribution in [0.2, 0.25) is 0 Å². The molecule has 2 N–H and O–H groups in total. The number of aromatic nitrogens is 2. The van der Waals surface area contributed by atoms with E-state index in [-0.39, 0.29) is 15.6 Å². The van der Waals surface area contributed by atoms with Crippen LogP contribution in [0.1, 0.15) is 9.67 Å². The summed E-state index contributed by atoms with van der Waals surface area (Å²) in [5.41, 5.74) is 0. The first kappa shape index (κ1) is 12.5. The molecule has 0 bridgehead atoms. The molecule has 0 spiro atoms. The van der Waals surface area contributed by atoms with E-state index in [1.165, 1.54) is 29.8 Å². The van der Waals surface area contributed by atoms with E-state index in [0.717, 1.165) is 11.3 Å². The first-order valence-corrected chi connectivity index (χ1v) is 6.98. The Balaban J connectivity index is 2.37. The van der Waals surface area contributed by atoms with Gasteiger partial charge in [0.1, 0.15) is 9.77 Å². The average Bonchev–Trinajstić information content (AvgIpc) is 2.79. The van der Waals surface area contributed by atoms with Crippen LogP contribution in [0.15, 0.2) is 34.7 Å². The summed E-state index contributed by atoms with van der Waals surface area (Å²) in [7, 11) is -3.97. The van der Waals surface area contributed by atoms with Gasteiger partial charge < -0.3 is 5.11 Å². The van der Waals surface area contributed by atoms with Gasteiger partial charge in [0.15, 0.2) is 5.82 Å². The zero-order chi connectivity index (χ0) is 13.2. The monoisotopic (exact) mass is 285 g/mol. The zero-order valence-corrected chi connectivity index (χ0v) is 10.4. The molecule has 0 aliphatic rings. The largest absolute Gasteiger partial charge is 0.477 e. The van der Waals surface area contributed by atoms with Crippen molar-refractivity contribution in [2.24, 2.45) is 0 Å². The number of carbonyl (C=O) groups is 1. The fourth-order valence-corrected chi connectivity index (χ4v) is 3.47. The molecule has 0 unspecified atom stereocenters. The normalized spacial score (nSPS) is 11.1. The van der Waals surface area contributed by atoms with Gasteiger partial charge in [-0.25, -0.2) is 13.2 Å². The number of rotatable bonds is 4. The number of carboxylic acid groups (broad SMARTS) is 1. The van der Waals surface area contributed by atoms with Crippen LogP contribution in [0.5, 0.6) is 0 Å². The van der Waals surface area contributed by atoms with E-state index in [2.05, 4.69) is 14.9 Å². The molecule has 0 saturated carbocycles. The molecule has 2 aromatic rings. The van der Waals surface area contributed by atoms with Gasteiger partial charge in [-0.1, -0.05) is 0 Å². The minimum absolute atomic E-state index is 0.0278. The molecular weight excluding hydrogens is 278 g/mol. The summed E-state index contributed by atoms with van der Waals surface area (Å²) in [5.74, 6) is -1.26. The Morgan fingerprint density at radius 3 is 2.78 bits per heavy atom. The summed E-state index contributed by atoms with van der Waals surface area (Å²) in [6.45, 7) is 0. The lowest BCUT2D eigenvalue weighted by Gasteiger charge is -2.05. The molecule has 0 atom stereocenters. The van der Waals surface area contributed by atoms with Gasteiger partial charge in [0, 0.05) is 6.20 Å². The Morgan fingerprint density at radius 1 is 1.39 bits per heavy atom. The molecule has 0 aliphatic heterocycles. The maximum Gasteiger partial charge on any atom is 0.347 e. The number of aromatic carboxylic acids is 1. The minimum Gasteiger partial charge on any atom is -0.477 e. The highest BCUT2D eigenvalue weighted by Crippen LogP contribution is 2.23. The van der Waals surface area contributed by atoms with Crippen molar-refractivity contribution in [3.63, 3.8) is 0 Å². The summed E-state index contributed by atoms with van der Waals surface area (Å²) in [4.78, 5) is 10.3. The third-order valence-electron chi connectivity index (χ3n) is 1.92. The lowest BCUT2D eigenvalue weighted by Crippen LogP contribution is -2.16. The number of sulfonamides is 1. The van der Waals surface area contributed by atoms with Gasteiger partial charge in [-0.15, -0.1) is 16.4 Å². The second kappa shape index (κ2) is 4.70. The second-order valence-electron chi connectivity index (χ2n) is 3.13. The van der Waals surface area contributed by atoms with Crippen LogP contribution in [0.25, 0.3) is 0 Å². The Bertz CT molecular complexity index is 666. The van der Waals surface area contributed by atoms with Gasteiger partial charge in [-0.3, -0.25) is 4.72 Å². The molecule has 7 nitrogen and oxygen atoms in total. The highest BCUT2D eigenvalue weighted by molar-refractivity contribution is 7.93. The lowest BCUT2D eigenvalue weighted by molar-refractivity contribution is 0.0698. The van der Waals surface area contributed by atoms with Crippen LogP contribution in [0.4, 0.5) is 5.82 Å². The van der Waals surface area contributed by atoms with Crippen LogP contribution in [0, 0.1) is 0 Å². The van der Waals surface area contributed by atoms with Crippen LogP contribution in [-0.2, 0) is 10.0 Å². The van der Waals surface area contributed by atoms with E-state index in [1.54, 1.807) is 0 Å². The molecule has 2 rings (SSSR count). The van der Waals surface area contributed by atoms with Gasteiger partial charge in [-0.05, 0) is 23.6 Å². The van der Waals surface area contributed by atoms with E-state index in [9.17, 15) is 13.2 Å². The van der Waals surface area contributed by atoms with Crippen molar-refractivity contribution < 1.29 is 18.3 Å². The van der Waals surface area contributed by atoms with Crippen molar-refractivity contribution in [3.05, 3.63) is 34.7 Å². The number of nitrogens with zero attached hydrogens (tertiary/aromatic N) is 2. The summed E-state index contributed by atoms with van der Waals surface area (Å²) in [6, 6.07) is 4.15. The minimum atomic E-state index is -3.97. The number of carboxylic acids is 1. The van der Waals surface area contributed by atoms with Crippen molar-refractivity contribution in [2.75, 3.05) is 4.72 Å². The topological polar surface area (TPSA) is 109 Å². The van der Waals surface area contributed by atoms with E-state index < -0.39 is 16.0 Å². The molecule has 0 radical (unpaired) electrons. The smallest absolute Gasteiger partial charge is 0.347 e. The maximum atomic E-state index is 12.0. The SMILES string of the molecule is O=C(O)c1sccc1S(=O)(=O)Nc1cccnn1. The third-order valence-corrected chi connectivity index (χ3v) is 4.35.